The minimum absolute atomic E-state index is 0.135. The molecule has 0 heterocycles. The lowest BCUT2D eigenvalue weighted by molar-refractivity contribution is -0.133. The molecule has 1 saturated carbocycles. The highest BCUT2D eigenvalue weighted by Gasteiger charge is 2.33. The number of rotatable bonds is 7. The van der Waals surface area contributed by atoms with Gasteiger partial charge in [-0.3, -0.25) is 9.10 Å². The third kappa shape index (κ3) is 5.28. The molecule has 1 N–H and O–H groups in total. The summed E-state index contributed by atoms with van der Waals surface area (Å²) in [4.78, 5) is 14.8. The Bertz CT molecular complexity index is 974. The van der Waals surface area contributed by atoms with Crippen LogP contribution in [0.3, 0.4) is 0 Å². The van der Waals surface area contributed by atoms with Crippen LogP contribution in [0.1, 0.15) is 51.0 Å². The Kier molecular flexibility index (Phi) is 7.38. The van der Waals surface area contributed by atoms with E-state index in [-0.39, 0.29) is 23.4 Å². The zero-order valence-corrected chi connectivity index (χ0v) is 19.3. The lowest BCUT2D eigenvalue weighted by atomic mass is 9.91. The molecule has 0 bridgehead atoms. The quantitative estimate of drug-likeness (QED) is 0.705. The molecule has 0 saturated heterocycles. The monoisotopic (exact) mass is 444 g/mol. The maximum atomic E-state index is 13.5. The third-order valence-corrected chi connectivity index (χ3v) is 7.83. The normalized spacial score (nSPS) is 19.3. The molecular weight excluding hydrogens is 412 g/mol. The molecule has 0 aliphatic heterocycles. The number of carbonyl (C=O) groups excluding carboxylic acids is 1. The smallest absolute Gasteiger partial charge is 0.264 e. The highest BCUT2D eigenvalue weighted by molar-refractivity contribution is 7.92. The van der Waals surface area contributed by atoms with E-state index in [1.165, 1.54) is 21.3 Å². The molecule has 7 heteroatoms. The number of carbonyl (C=O) groups is 1. The van der Waals surface area contributed by atoms with Crippen molar-refractivity contribution in [3.63, 3.8) is 0 Å². The molecule has 168 valence electrons. The summed E-state index contributed by atoms with van der Waals surface area (Å²) >= 11 is 0. The number of sulfonamides is 1. The number of nitrogens with zero attached hydrogens (tertiary/aromatic N) is 2. The number of hydrogen-bond donors (Lipinski definition) is 1. The summed E-state index contributed by atoms with van der Waals surface area (Å²) < 4.78 is 28.1. The SMILES string of the molecule is CC(C)c1ccc(N(CC(=O)N(C)C2CCCCC2O)S(=O)(=O)c2ccccc2)cc1. The highest BCUT2D eigenvalue weighted by atomic mass is 32.2. The van der Waals surface area contributed by atoms with Crippen molar-refractivity contribution in [2.45, 2.75) is 62.5 Å². The fraction of sp³-hybridized carbons (Fsp3) is 0.458. The van der Waals surface area contributed by atoms with Gasteiger partial charge in [-0.1, -0.05) is 57.0 Å². The van der Waals surface area contributed by atoms with Crippen LogP contribution in [0.4, 0.5) is 5.69 Å². The van der Waals surface area contributed by atoms with E-state index in [1.807, 2.05) is 12.1 Å². The van der Waals surface area contributed by atoms with E-state index in [0.29, 0.717) is 18.0 Å². The van der Waals surface area contributed by atoms with Crippen LogP contribution in [0.25, 0.3) is 0 Å². The number of aliphatic hydroxyl groups is 1. The first-order valence-corrected chi connectivity index (χ1v) is 12.3. The molecule has 0 aromatic heterocycles. The minimum Gasteiger partial charge on any atom is -0.391 e. The second-order valence-corrected chi connectivity index (χ2v) is 10.4. The molecule has 31 heavy (non-hydrogen) atoms. The third-order valence-electron chi connectivity index (χ3n) is 6.04. The summed E-state index contributed by atoms with van der Waals surface area (Å²) in [7, 11) is -2.29. The Morgan fingerprint density at radius 1 is 1.03 bits per heavy atom. The van der Waals surface area contributed by atoms with Crippen molar-refractivity contribution in [1.82, 2.24) is 4.90 Å². The van der Waals surface area contributed by atoms with E-state index in [0.717, 1.165) is 24.8 Å². The van der Waals surface area contributed by atoms with Crippen LogP contribution in [-0.2, 0) is 14.8 Å². The molecule has 1 aliphatic rings. The molecule has 3 rings (SSSR count). The van der Waals surface area contributed by atoms with E-state index in [2.05, 4.69) is 13.8 Å². The van der Waals surface area contributed by atoms with Crippen LogP contribution < -0.4 is 4.31 Å². The molecule has 2 aromatic rings. The molecule has 2 unspecified atom stereocenters. The molecule has 0 spiro atoms. The van der Waals surface area contributed by atoms with Gasteiger partial charge >= 0.3 is 0 Å². The van der Waals surface area contributed by atoms with Gasteiger partial charge in [-0.15, -0.1) is 0 Å². The number of anilines is 1. The van der Waals surface area contributed by atoms with Crippen molar-refractivity contribution in [2.75, 3.05) is 17.9 Å². The van der Waals surface area contributed by atoms with Crippen molar-refractivity contribution < 1.29 is 18.3 Å². The van der Waals surface area contributed by atoms with Gasteiger partial charge in [0.2, 0.25) is 5.91 Å². The molecule has 6 nitrogen and oxygen atoms in total. The van der Waals surface area contributed by atoms with Gasteiger partial charge in [0.15, 0.2) is 0 Å². The van der Waals surface area contributed by atoms with Crippen LogP contribution >= 0.6 is 0 Å². The minimum atomic E-state index is -3.94. The lowest BCUT2D eigenvalue weighted by Crippen LogP contribution is -2.50. The number of aliphatic hydroxyl groups excluding tert-OH is 1. The molecule has 2 atom stereocenters. The zero-order chi connectivity index (χ0) is 22.6. The number of benzene rings is 2. The number of amides is 1. The molecule has 2 aromatic carbocycles. The second-order valence-electron chi connectivity index (χ2n) is 8.49. The zero-order valence-electron chi connectivity index (χ0n) is 18.4. The maximum Gasteiger partial charge on any atom is 0.264 e. The summed E-state index contributed by atoms with van der Waals surface area (Å²) in [6, 6.07) is 15.2. The van der Waals surface area contributed by atoms with E-state index in [9.17, 15) is 18.3 Å². The summed E-state index contributed by atoms with van der Waals surface area (Å²) in [5, 5.41) is 10.3. The Balaban J connectivity index is 1.93. The lowest BCUT2D eigenvalue weighted by Gasteiger charge is -2.36. The van der Waals surface area contributed by atoms with Crippen LogP contribution in [-0.4, -0.2) is 50.1 Å². The van der Waals surface area contributed by atoms with Crippen LogP contribution in [0.15, 0.2) is 59.5 Å². The van der Waals surface area contributed by atoms with E-state index in [1.54, 1.807) is 37.4 Å². The first-order chi connectivity index (χ1) is 14.7. The van der Waals surface area contributed by atoms with Crippen molar-refractivity contribution in [1.29, 1.82) is 0 Å². The van der Waals surface area contributed by atoms with Gasteiger partial charge in [0.05, 0.1) is 22.7 Å². The molecule has 1 amide bonds. The average molecular weight is 445 g/mol. The van der Waals surface area contributed by atoms with Crippen molar-refractivity contribution >= 4 is 21.6 Å². The Labute approximate surface area is 185 Å². The number of likely N-dealkylation sites (N-methyl/N-ethyl adjacent to an activating group) is 1. The van der Waals surface area contributed by atoms with Gasteiger partial charge in [0.25, 0.3) is 10.0 Å². The summed E-state index contributed by atoms with van der Waals surface area (Å²) in [5.41, 5.74) is 1.54. The van der Waals surface area contributed by atoms with Gasteiger partial charge in [0, 0.05) is 7.05 Å². The predicted molar refractivity (Wildman–Crippen MR) is 123 cm³/mol. The first kappa shape index (κ1) is 23.3. The average Bonchev–Trinajstić information content (AvgIpc) is 2.77. The standard InChI is InChI=1S/C24H32N2O4S/c1-18(2)19-13-15-20(16-14-19)26(31(29,30)21-9-5-4-6-10-21)17-24(28)25(3)22-11-7-8-12-23(22)27/h4-6,9-10,13-16,18,22-23,27H,7-8,11-12,17H2,1-3H3. The maximum absolute atomic E-state index is 13.5. The largest absolute Gasteiger partial charge is 0.391 e. The van der Waals surface area contributed by atoms with Crippen LogP contribution in [0.2, 0.25) is 0 Å². The fourth-order valence-electron chi connectivity index (χ4n) is 4.02. The summed E-state index contributed by atoms with van der Waals surface area (Å²) in [5.74, 6) is -0.0211. The van der Waals surface area contributed by atoms with Crippen LogP contribution in [0, 0.1) is 0 Å². The number of hydrogen-bond acceptors (Lipinski definition) is 4. The van der Waals surface area contributed by atoms with Gasteiger partial charge < -0.3 is 10.0 Å². The second kappa shape index (κ2) is 9.83. The summed E-state index contributed by atoms with van der Waals surface area (Å²) in [6.45, 7) is 3.82. The predicted octanol–water partition coefficient (Wildman–Crippen LogP) is 3.77. The van der Waals surface area contributed by atoms with E-state index < -0.39 is 16.1 Å². The Morgan fingerprint density at radius 2 is 1.65 bits per heavy atom. The topological polar surface area (TPSA) is 77.9 Å². The Hall–Kier alpha value is -2.38. The van der Waals surface area contributed by atoms with Gasteiger partial charge in [0.1, 0.15) is 6.54 Å². The first-order valence-electron chi connectivity index (χ1n) is 10.8. The molecular formula is C24H32N2O4S. The summed E-state index contributed by atoms with van der Waals surface area (Å²) in [6.07, 6.45) is 2.69. The van der Waals surface area contributed by atoms with Gasteiger partial charge in [-0.2, -0.15) is 0 Å². The van der Waals surface area contributed by atoms with E-state index in [4.69, 9.17) is 0 Å². The highest BCUT2D eigenvalue weighted by Crippen LogP contribution is 2.27. The van der Waals surface area contributed by atoms with E-state index >= 15 is 0 Å². The van der Waals surface area contributed by atoms with Gasteiger partial charge in [-0.05, 0) is 48.6 Å². The Morgan fingerprint density at radius 3 is 2.23 bits per heavy atom. The van der Waals surface area contributed by atoms with Gasteiger partial charge in [-0.25, -0.2) is 8.42 Å². The van der Waals surface area contributed by atoms with Crippen LogP contribution in [0.5, 0.6) is 0 Å². The van der Waals surface area contributed by atoms with Crippen molar-refractivity contribution in [2.24, 2.45) is 0 Å². The fourth-order valence-corrected chi connectivity index (χ4v) is 5.46. The molecule has 1 aliphatic carbocycles. The van der Waals surface area contributed by atoms with Crippen molar-refractivity contribution in [3.8, 4) is 0 Å². The molecule has 1 fully saturated rings. The van der Waals surface area contributed by atoms with Crippen molar-refractivity contribution in [3.05, 3.63) is 60.2 Å². The molecule has 0 radical (unpaired) electrons.